The number of hydrogen-bond acceptors (Lipinski definition) is 18. The molecular formula is C77H112N20O16. The summed E-state index contributed by atoms with van der Waals surface area (Å²) in [5, 5.41) is 37.7. The molecule has 5 aromatic rings. The van der Waals surface area contributed by atoms with Crippen molar-refractivity contribution in [3.05, 3.63) is 90.3 Å². The van der Waals surface area contributed by atoms with Gasteiger partial charge in [0, 0.05) is 84.9 Å². The minimum Gasteiger partial charge on any atom is -0.480 e. The maximum atomic E-state index is 15.0. The van der Waals surface area contributed by atoms with Crippen LogP contribution in [0.25, 0.3) is 21.8 Å². The summed E-state index contributed by atoms with van der Waals surface area (Å²) in [6.07, 6.45) is 7.76. The van der Waals surface area contributed by atoms with Crippen LogP contribution in [0.1, 0.15) is 161 Å². The van der Waals surface area contributed by atoms with Gasteiger partial charge in [0.25, 0.3) is 0 Å². The minimum atomic E-state index is -1.57. The lowest BCUT2D eigenvalue weighted by Crippen LogP contribution is -2.61. The average molecular weight is 1570 g/mol. The number of nitrogens with one attached hydrogen (secondary N) is 13. The van der Waals surface area contributed by atoms with E-state index >= 15 is 4.79 Å². The van der Waals surface area contributed by atoms with E-state index in [-0.39, 0.29) is 109 Å². The van der Waals surface area contributed by atoms with Gasteiger partial charge in [-0.1, -0.05) is 83.9 Å². The summed E-state index contributed by atoms with van der Waals surface area (Å²) in [5.41, 5.74) is 26.9. The molecule has 3 aromatic heterocycles. The van der Waals surface area contributed by atoms with Crippen LogP contribution < -0.4 is 76.1 Å². The van der Waals surface area contributed by atoms with Gasteiger partial charge in [0.2, 0.25) is 82.7 Å². The lowest BCUT2D eigenvalue weighted by atomic mass is 9.99. The molecule has 0 spiro atoms. The zero-order chi connectivity index (χ0) is 82.6. The molecule has 7 rings (SSSR count). The molecule has 0 radical (unpaired) electrons. The lowest BCUT2D eigenvalue weighted by Gasteiger charge is -2.31. The Morgan fingerprint density at radius 1 is 0.513 bits per heavy atom. The number of primary amides is 2. The molecule has 0 saturated carbocycles. The third kappa shape index (κ3) is 26.7. The molecule has 0 unspecified atom stereocenters. The van der Waals surface area contributed by atoms with Gasteiger partial charge in [-0.25, -0.2) is 4.98 Å². The van der Waals surface area contributed by atoms with Gasteiger partial charge < -0.3 is 106 Å². The number of amides is 14. The minimum absolute atomic E-state index is 0.0199. The smallest absolute Gasteiger partial charge is 0.325 e. The number of benzene rings is 2. The second-order valence-electron chi connectivity index (χ2n) is 29.9. The van der Waals surface area contributed by atoms with E-state index in [1.54, 1.807) is 46.2 Å². The van der Waals surface area contributed by atoms with Crippen LogP contribution in [-0.4, -0.2) is 222 Å². The van der Waals surface area contributed by atoms with Crippen LogP contribution in [0.3, 0.4) is 0 Å². The first-order chi connectivity index (χ1) is 53.8. The number of carboxylic acid groups (broad SMARTS) is 1. The molecule has 2 saturated heterocycles. The largest absolute Gasteiger partial charge is 0.480 e. The molecule has 14 amide bonds. The predicted octanol–water partition coefficient (Wildman–Crippen LogP) is -0.764. The van der Waals surface area contributed by atoms with E-state index in [1.165, 1.54) is 29.2 Å². The molecule has 113 heavy (non-hydrogen) atoms. The molecule has 36 heteroatoms. The van der Waals surface area contributed by atoms with Crippen molar-refractivity contribution in [2.24, 2.45) is 34.8 Å². The molecule has 36 nitrogen and oxygen atoms in total. The van der Waals surface area contributed by atoms with E-state index in [9.17, 15) is 72.2 Å². The third-order valence-electron chi connectivity index (χ3n) is 20.0. The van der Waals surface area contributed by atoms with Crippen molar-refractivity contribution in [1.82, 2.24) is 82.9 Å². The first-order valence-electron chi connectivity index (χ1n) is 38.8. The number of nitrogens with two attached hydrogens (primary N) is 4. The van der Waals surface area contributed by atoms with Crippen molar-refractivity contribution in [3.63, 3.8) is 0 Å². The number of carboxylic acids is 1. The standard InChI is InChI=1S/C77H112N20O16/c1-7-8-19-53(67(102)87-44(6)77(112)113)90-74(109)62-24-16-31-97(62)76(111)56(26-28-64(81)99)88-65(100)40-85-73(108)61-23-15-30-96(61)75(110)55(22-13-14-29-78)91-70(105)58(33-43(4)5)93-68(103)54(25-27-63(80)98)89-69(104)57(32-42(2)3)94-71(106)59(35-46-38-84-52-21-12-10-18-49(46)52)95-72(107)60(36-47-39-82-41-86-47)92-66(101)50(79)34-45-37-83-51-20-11-9-17-48(45)51/h9-12,17-18,20-21,37-39,41-44,50,53-62,83-84H,7-8,13-16,19,22-36,40,78-79H2,1-6H3,(H2,80,98)(H2,81,99)(H,82,86)(H,85,108)(H,87,102)(H,88,100)(H,89,104)(H,90,109)(H,91,105)(H,92,101)(H,93,103)(H,94,106)(H,95,107)(H,112,113)/t44-,50+,53+,54+,55+,56+,57+,58+,59+,60+,61+,62+/m1/s1. The van der Waals surface area contributed by atoms with Gasteiger partial charge in [-0.15, -0.1) is 0 Å². The molecule has 0 aliphatic carbocycles. The van der Waals surface area contributed by atoms with Crippen molar-refractivity contribution in [3.8, 4) is 0 Å². The van der Waals surface area contributed by atoms with Crippen molar-refractivity contribution >= 4 is 110 Å². The zero-order valence-electron chi connectivity index (χ0n) is 65.0. The first-order valence-corrected chi connectivity index (χ1v) is 38.8. The summed E-state index contributed by atoms with van der Waals surface area (Å²) >= 11 is 0. The Hall–Kier alpha value is -11.3. The maximum Gasteiger partial charge on any atom is 0.325 e. The number of likely N-dealkylation sites (tertiary alicyclic amines) is 2. The topological polar surface area (TPSA) is 567 Å². The number of aliphatic carboxylic acids is 1. The zero-order valence-corrected chi connectivity index (χ0v) is 65.0. The molecule has 2 fully saturated rings. The van der Waals surface area contributed by atoms with E-state index in [0.29, 0.717) is 49.8 Å². The van der Waals surface area contributed by atoms with E-state index in [4.69, 9.17) is 22.9 Å². The van der Waals surface area contributed by atoms with Crippen LogP contribution in [0.15, 0.2) is 73.4 Å². The molecule has 2 aromatic carbocycles. The molecule has 12 atom stereocenters. The van der Waals surface area contributed by atoms with Gasteiger partial charge in [0.15, 0.2) is 0 Å². The number of rotatable bonds is 46. The molecule has 22 N–H and O–H groups in total. The van der Waals surface area contributed by atoms with Crippen LogP contribution in [-0.2, 0) is 91.2 Å². The number of aromatic nitrogens is 4. The van der Waals surface area contributed by atoms with Gasteiger partial charge in [0.1, 0.15) is 66.5 Å². The SMILES string of the molecule is CCCC[C@H](NC(=O)[C@@H]1CCCN1C(=O)[C@H](CCC(N)=O)NC(=O)CNC(=O)[C@@H]1CCCN1C(=O)[C@H](CCCCN)NC(=O)[C@H](CC(C)C)NC(=O)[C@H](CCC(N)=O)NC(=O)[C@H](CC(C)C)NC(=O)[C@H](Cc1c[nH]c2ccccc12)NC(=O)[C@H](Cc1cnc[nH]1)NC(=O)[C@@H](N)Cc1c[nH]c2ccccc12)C(=O)N[C@H](C)C(=O)O. The van der Waals surface area contributed by atoms with Crippen LogP contribution in [0.2, 0.25) is 0 Å². The van der Waals surface area contributed by atoms with Crippen LogP contribution in [0.5, 0.6) is 0 Å². The molecule has 5 heterocycles. The quantitative estimate of drug-likeness (QED) is 0.0213. The summed E-state index contributed by atoms with van der Waals surface area (Å²) in [6, 6.07) is -0.827. The highest BCUT2D eigenvalue weighted by Crippen LogP contribution is 2.25. The number of aromatic amines is 3. The second-order valence-corrected chi connectivity index (χ2v) is 29.9. The van der Waals surface area contributed by atoms with Crippen molar-refractivity contribution in [2.75, 3.05) is 26.2 Å². The Kier molecular flexibility index (Phi) is 34.2. The highest BCUT2D eigenvalue weighted by atomic mass is 16.4. The maximum absolute atomic E-state index is 15.0. The van der Waals surface area contributed by atoms with Crippen molar-refractivity contribution in [1.29, 1.82) is 0 Å². The van der Waals surface area contributed by atoms with E-state index in [0.717, 1.165) is 27.4 Å². The molecule has 616 valence electrons. The average Bonchev–Trinajstić information content (AvgIpc) is 1.60. The fraction of sp³-hybridized carbons (Fsp3) is 0.558. The van der Waals surface area contributed by atoms with Crippen molar-refractivity contribution in [2.45, 2.75) is 236 Å². The monoisotopic (exact) mass is 1570 g/mol. The number of fused-ring (bicyclic) bond motifs is 2. The summed E-state index contributed by atoms with van der Waals surface area (Å²) in [5.74, 6) is -12.9. The molecule has 0 bridgehead atoms. The Labute approximate surface area is 655 Å². The van der Waals surface area contributed by atoms with Gasteiger partial charge in [-0.2, -0.15) is 0 Å². The Bertz CT molecular complexity index is 4140. The van der Waals surface area contributed by atoms with E-state index < -0.39 is 174 Å². The molecule has 2 aliphatic heterocycles. The highest BCUT2D eigenvalue weighted by molar-refractivity contribution is 6.00. The second kappa shape index (κ2) is 43.5. The Balaban J connectivity index is 1.03. The summed E-state index contributed by atoms with van der Waals surface area (Å²) in [7, 11) is 0. The van der Waals surface area contributed by atoms with Crippen LogP contribution in [0.4, 0.5) is 0 Å². The van der Waals surface area contributed by atoms with Gasteiger partial charge in [-0.3, -0.25) is 71.9 Å². The normalized spacial score (nSPS) is 16.8. The third-order valence-corrected chi connectivity index (χ3v) is 20.0. The van der Waals surface area contributed by atoms with Gasteiger partial charge in [-0.05, 0) is 132 Å². The number of carbonyl (C=O) groups is 15. The molecular weight excluding hydrogens is 1460 g/mol. The number of unbranched alkanes of at least 4 members (excludes halogenated alkanes) is 2. The highest BCUT2D eigenvalue weighted by Gasteiger charge is 2.42. The van der Waals surface area contributed by atoms with Gasteiger partial charge >= 0.3 is 5.97 Å². The number of imidazole rings is 1. The van der Waals surface area contributed by atoms with E-state index in [2.05, 4.69) is 73.1 Å². The summed E-state index contributed by atoms with van der Waals surface area (Å²) in [6.45, 7) is 9.87. The Morgan fingerprint density at radius 3 is 1.49 bits per heavy atom. The molecule has 2 aliphatic rings. The number of nitrogens with zero attached hydrogens (tertiary/aromatic N) is 3. The Morgan fingerprint density at radius 2 is 0.965 bits per heavy atom. The number of para-hydroxylation sites is 2. The first kappa shape index (κ1) is 88.9. The number of H-pyrrole nitrogens is 3. The van der Waals surface area contributed by atoms with Crippen LogP contribution >= 0.6 is 0 Å². The predicted molar refractivity (Wildman–Crippen MR) is 416 cm³/mol. The number of carbonyl (C=O) groups excluding carboxylic acids is 14. The summed E-state index contributed by atoms with van der Waals surface area (Å²) < 4.78 is 0. The lowest BCUT2D eigenvalue weighted by molar-refractivity contribution is -0.143. The van der Waals surface area contributed by atoms with Gasteiger partial charge in [0.05, 0.1) is 18.9 Å². The van der Waals surface area contributed by atoms with Crippen LogP contribution in [0, 0.1) is 11.8 Å². The van der Waals surface area contributed by atoms with E-state index in [1.807, 2.05) is 49.4 Å². The fourth-order valence-electron chi connectivity index (χ4n) is 13.9. The number of hydrogen-bond donors (Lipinski definition) is 18. The van der Waals surface area contributed by atoms with Crippen molar-refractivity contribution < 1.29 is 77.0 Å². The summed E-state index contributed by atoms with van der Waals surface area (Å²) in [4.78, 5) is 224. The fourth-order valence-corrected chi connectivity index (χ4v) is 13.9.